The number of guanidine groups is 1. The molecule has 3 atom stereocenters. The van der Waals surface area contributed by atoms with Crippen molar-refractivity contribution >= 4 is 16.8 Å². The number of nitrogens with one attached hydrogen (secondary N) is 2. The zero-order valence-electron chi connectivity index (χ0n) is 17.5. The van der Waals surface area contributed by atoms with Crippen LogP contribution in [0.4, 0.5) is 0 Å². The van der Waals surface area contributed by atoms with Gasteiger partial charge in [-0.3, -0.25) is 9.20 Å². The molecule has 0 amide bonds. The van der Waals surface area contributed by atoms with E-state index in [1.54, 1.807) is 28.4 Å². The standard InChI is InChI=1S/C20H33N3O4S/c1-6-28(24)16-9-7-8-15(11-16)23-20(21-2)22-13-14-10-18(26-4)19(27-5)12-17(14)25-3/h10,12,15-16H,6-9,11,13H2,1-5H3,(H2,21,22,23). The molecule has 8 heteroatoms. The maximum absolute atomic E-state index is 12.2. The topological polar surface area (TPSA) is 81.2 Å². The first-order chi connectivity index (χ1) is 13.6. The number of methoxy groups -OCH3 is 3. The molecule has 2 N–H and O–H groups in total. The van der Waals surface area contributed by atoms with Crippen LogP contribution in [0, 0.1) is 0 Å². The van der Waals surface area contributed by atoms with Gasteiger partial charge in [-0.05, 0) is 25.3 Å². The van der Waals surface area contributed by atoms with Crippen molar-refractivity contribution in [3.05, 3.63) is 17.7 Å². The summed E-state index contributed by atoms with van der Waals surface area (Å²) in [7, 11) is 5.86. The number of hydrogen-bond donors (Lipinski definition) is 2. The Morgan fingerprint density at radius 3 is 2.43 bits per heavy atom. The number of rotatable bonds is 8. The average Bonchev–Trinajstić information content (AvgIpc) is 2.75. The highest BCUT2D eigenvalue weighted by Gasteiger charge is 2.26. The Kier molecular flexibility index (Phi) is 8.89. The van der Waals surface area contributed by atoms with Crippen LogP contribution in [0.25, 0.3) is 0 Å². The third kappa shape index (κ3) is 5.77. The highest BCUT2D eigenvalue weighted by atomic mass is 32.2. The molecule has 1 saturated carbocycles. The first-order valence-electron chi connectivity index (χ1n) is 9.69. The van der Waals surface area contributed by atoms with Crippen LogP contribution in [0.3, 0.4) is 0 Å². The van der Waals surface area contributed by atoms with E-state index < -0.39 is 10.8 Å². The SMILES string of the molecule is CCS(=O)C1CCCC(NC(=NC)NCc2cc(OC)c(OC)cc2OC)C1. The summed E-state index contributed by atoms with van der Waals surface area (Å²) in [5.41, 5.74) is 0.941. The Hall–Kier alpha value is -1.96. The van der Waals surface area contributed by atoms with Gasteiger partial charge >= 0.3 is 0 Å². The molecule has 0 bridgehead atoms. The van der Waals surface area contributed by atoms with E-state index in [1.807, 2.05) is 19.1 Å². The second-order valence-electron chi connectivity index (χ2n) is 6.74. The lowest BCUT2D eigenvalue weighted by molar-refractivity contribution is 0.347. The minimum absolute atomic E-state index is 0.278. The van der Waals surface area contributed by atoms with Crippen molar-refractivity contribution in [3.8, 4) is 17.2 Å². The van der Waals surface area contributed by atoms with Crippen molar-refractivity contribution < 1.29 is 18.4 Å². The van der Waals surface area contributed by atoms with Crippen LogP contribution in [-0.4, -0.2) is 55.6 Å². The molecule has 0 aromatic heterocycles. The summed E-state index contributed by atoms with van der Waals surface area (Å²) in [6.07, 6.45) is 4.13. The van der Waals surface area contributed by atoms with E-state index in [2.05, 4.69) is 15.6 Å². The fraction of sp³-hybridized carbons (Fsp3) is 0.650. The van der Waals surface area contributed by atoms with Gasteiger partial charge in [-0.25, -0.2) is 0 Å². The first-order valence-corrected chi connectivity index (χ1v) is 11.1. The molecule has 1 fully saturated rings. The summed E-state index contributed by atoms with van der Waals surface area (Å²) in [4.78, 5) is 4.34. The summed E-state index contributed by atoms with van der Waals surface area (Å²) < 4.78 is 28.4. The van der Waals surface area contributed by atoms with Crippen molar-refractivity contribution in [1.82, 2.24) is 10.6 Å². The smallest absolute Gasteiger partial charge is 0.191 e. The fourth-order valence-corrected chi connectivity index (χ4v) is 4.90. The Morgan fingerprint density at radius 1 is 1.14 bits per heavy atom. The summed E-state index contributed by atoms with van der Waals surface area (Å²) in [6.45, 7) is 2.52. The molecule has 158 valence electrons. The molecule has 28 heavy (non-hydrogen) atoms. The van der Waals surface area contributed by atoms with Gasteiger partial charge in [0, 0.05) is 53.1 Å². The van der Waals surface area contributed by atoms with Crippen LogP contribution in [0.2, 0.25) is 0 Å². The van der Waals surface area contributed by atoms with Gasteiger partial charge in [0.2, 0.25) is 0 Å². The van der Waals surface area contributed by atoms with Gasteiger partial charge in [-0.1, -0.05) is 13.3 Å². The third-order valence-corrected chi connectivity index (χ3v) is 6.82. The molecule has 3 unspecified atom stereocenters. The van der Waals surface area contributed by atoms with Crippen LogP contribution < -0.4 is 24.8 Å². The minimum atomic E-state index is -0.738. The molecule has 0 spiro atoms. The molecule has 1 aromatic carbocycles. The maximum atomic E-state index is 12.2. The lowest BCUT2D eigenvalue weighted by Crippen LogP contribution is -2.46. The molecule has 1 aliphatic rings. The fourth-order valence-electron chi connectivity index (χ4n) is 3.55. The number of ether oxygens (including phenoxy) is 3. The van der Waals surface area contributed by atoms with Crippen molar-refractivity contribution in [2.24, 2.45) is 4.99 Å². The average molecular weight is 412 g/mol. The summed E-state index contributed by atoms with van der Waals surface area (Å²) in [6, 6.07) is 4.00. The predicted molar refractivity (Wildman–Crippen MR) is 114 cm³/mol. The minimum Gasteiger partial charge on any atom is -0.496 e. The van der Waals surface area contributed by atoms with E-state index in [-0.39, 0.29) is 11.3 Å². The lowest BCUT2D eigenvalue weighted by atomic mass is 9.95. The normalized spacial score (nSPS) is 21.0. The highest BCUT2D eigenvalue weighted by Crippen LogP contribution is 2.34. The van der Waals surface area contributed by atoms with Crippen LogP contribution in [0.15, 0.2) is 17.1 Å². The van der Waals surface area contributed by atoms with Gasteiger partial charge in [-0.2, -0.15) is 0 Å². The van der Waals surface area contributed by atoms with E-state index in [0.717, 1.165) is 48.7 Å². The second-order valence-corrected chi connectivity index (χ2v) is 8.75. The Bertz CT molecular complexity index is 696. The molecule has 1 aromatic rings. The predicted octanol–water partition coefficient (Wildman–Crippen LogP) is 2.46. The van der Waals surface area contributed by atoms with E-state index in [1.165, 1.54) is 0 Å². The van der Waals surface area contributed by atoms with Crippen LogP contribution >= 0.6 is 0 Å². The first kappa shape index (κ1) is 22.3. The lowest BCUT2D eigenvalue weighted by Gasteiger charge is -2.30. The molecule has 0 saturated heterocycles. The van der Waals surface area contributed by atoms with Gasteiger partial charge < -0.3 is 24.8 Å². The van der Waals surface area contributed by atoms with Crippen LogP contribution in [0.1, 0.15) is 38.2 Å². The highest BCUT2D eigenvalue weighted by molar-refractivity contribution is 7.85. The van der Waals surface area contributed by atoms with E-state index in [9.17, 15) is 4.21 Å². The molecular formula is C20H33N3O4S. The van der Waals surface area contributed by atoms with E-state index >= 15 is 0 Å². The third-order valence-electron chi connectivity index (χ3n) is 5.08. The summed E-state index contributed by atoms with van der Waals surface area (Å²) in [5.74, 6) is 3.45. The maximum Gasteiger partial charge on any atom is 0.191 e. The molecule has 7 nitrogen and oxygen atoms in total. The Balaban J connectivity index is 2.01. The van der Waals surface area contributed by atoms with Crippen LogP contribution in [0.5, 0.6) is 17.2 Å². The number of nitrogens with zero attached hydrogens (tertiary/aromatic N) is 1. The zero-order valence-corrected chi connectivity index (χ0v) is 18.4. The molecular weight excluding hydrogens is 378 g/mol. The molecule has 0 aliphatic heterocycles. The van der Waals surface area contributed by atoms with Crippen molar-refractivity contribution in [2.75, 3.05) is 34.1 Å². The Morgan fingerprint density at radius 2 is 1.82 bits per heavy atom. The van der Waals surface area contributed by atoms with Gasteiger partial charge in [0.25, 0.3) is 0 Å². The zero-order chi connectivity index (χ0) is 20.5. The number of benzene rings is 1. The molecule has 2 rings (SSSR count). The Labute approximate surface area is 170 Å². The molecule has 0 radical (unpaired) electrons. The number of hydrogen-bond acceptors (Lipinski definition) is 5. The van der Waals surface area contributed by atoms with Gasteiger partial charge in [-0.15, -0.1) is 0 Å². The largest absolute Gasteiger partial charge is 0.496 e. The van der Waals surface area contributed by atoms with Crippen molar-refractivity contribution in [1.29, 1.82) is 0 Å². The number of aliphatic imine (C=N–C) groups is 1. The van der Waals surface area contributed by atoms with E-state index in [0.29, 0.717) is 18.0 Å². The molecule has 0 heterocycles. The second kappa shape index (κ2) is 11.1. The van der Waals surface area contributed by atoms with Crippen LogP contribution in [-0.2, 0) is 17.3 Å². The van der Waals surface area contributed by atoms with Gasteiger partial charge in [0.15, 0.2) is 17.5 Å². The van der Waals surface area contributed by atoms with E-state index in [4.69, 9.17) is 14.2 Å². The van der Waals surface area contributed by atoms with Gasteiger partial charge in [0.05, 0.1) is 21.3 Å². The van der Waals surface area contributed by atoms with Crippen molar-refractivity contribution in [2.45, 2.75) is 50.4 Å². The summed E-state index contributed by atoms with van der Waals surface area (Å²) >= 11 is 0. The quantitative estimate of drug-likeness (QED) is 0.505. The van der Waals surface area contributed by atoms with Gasteiger partial charge in [0.1, 0.15) is 5.75 Å². The monoisotopic (exact) mass is 411 g/mol. The van der Waals surface area contributed by atoms with Crippen molar-refractivity contribution in [3.63, 3.8) is 0 Å². The summed E-state index contributed by atoms with van der Waals surface area (Å²) in [5, 5.41) is 7.10. The molecule has 1 aliphatic carbocycles.